The van der Waals surface area contributed by atoms with Crippen LogP contribution in [0.4, 0.5) is 4.79 Å². The van der Waals surface area contributed by atoms with Crippen molar-refractivity contribution in [3.63, 3.8) is 0 Å². The fraction of sp³-hybridized carbons (Fsp3) is 0.211. The molecule has 0 aliphatic carbocycles. The van der Waals surface area contributed by atoms with Gasteiger partial charge in [-0.3, -0.25) is 0 Å². The number of hydrazone groups is 1. The molecule has 0 fully saturated rings. The van der Waals surface area contributed by atoms with Gasteiger partial charge in [0.2, 0.25) is 0 Å². The predicted molar refractivity (Wildman–Crippen MR) is 98.7 cm³/mol. The Bertz CT molecular complexity index is 835. The fourth-order valence-corrected chi connectivity index (χ4v) is 2.14. The number of rotatable bonds is 7. The van der Waals surface area contributed by atoms with Crippen LogP contribution in [-0.2, 0) is 4.74 Å². The SMILES string of the molecule is CCOC(=O)NN=Cc1ccc(OC(=O)c2ccccc2OC)c(OC)c1. The molecule has 0 radical (unpaired) electrons. The minimum absolute atomic E-state index is 0.240. The summed E-state index contributed by atoms with van der Waals surface area (Å²) in [5, 5.41) is 3.77. The van der Waals surface area contributed by atoms with Crippen molar-refractivity contribution in [2.24, 2.45) is 5.10 Å². The molecule has 2 aromatic rings. The first-order chi connectivity index (χ1) is 13.1. The summed E-state index contributed by atoms with van der Waals surface area (Å²) in [4.78, 5) is 23.6. The second-order valence-electron chi connectivity index (χ2n) is 5.09. The molecular formula is C19H20N2O6. The van der Waals surface area contributed by atoms with Crippen LogP contribution in [0.3, 0.4) is 0 Å². The van der Waals surface area contributed by atoms with E-state index in [0.717, 1.165) is 0 Å². The van der Waals surface area contributed by atoms with Gasteiger partial charge in [0.15, 0.2) is 11.5 Å². The number of amides is 1. The monoisotopic (exact) mass is 372 g/mol. The number of para-hydroxylation sites is 1. The molecule has 2 aromatic carbocycles. The van der Waals surface area contributed by atoms with E-state index in [-0.39, 0.29) is 12.4 Å². The minimum atomic E-state index is -0.650. The molecule has 1 amide bonds. The van der Waals surface area contributed by atoms with E-state index in [2.05, 4.69) is 10.5 Å². The predicted octanol–water partition coefficient (Wildman–Crippen LogP) is 3.00. The number of esters is 1. The van der Waals surface area contributed by atoms with Crippen LogP contribution in [-0.4, -0.2) is 39.1 Å². The maximum absolute atomic E-state index is 12.4. The van der Waals surface area contributed by atoms with Gasteiger partial charge in [-0.15, -0.1) is 0 Å². The van der Waals surface area contributed by atoms with Crippen molar-refractivity contribution in [3.05, 3.63) is 53.6 Å². The largest absolute Gasteiger partial charge is 0.496 e. The van der Waals surface area contributed by atoms with Crippen LogP contribution >= 0.6 is 0 Å². The highest BCUT2D eigenvalue weighted by Gasteiger charge is 2.16. The number of ether oxygens (including phenoxy) is 4. The average Bonchev–Trinajstić information content (AvgIpc) is 2.69. The highest BCUT2D eigenvalue weighted by Crippen LogP contribution is 2.29. The Morgan fingerprint density at radius 3 is 2.48 bits per heavy atom. The summed E-state index contributed by atoms with van der Waals surface area (Å²) in [5.41, 5.74) is 3.14. The molecule has 0 aliphatic heterocycles. The lowest BCUT2D eigenvalue weighted by Crippen LogP contribution is -2.18. The van der Waals surface area contributed by atoms with Crippen LogP contribution in [0, 0.1) is 0 Å². The molecule has 8 heteroatoms. The van der Waals surface area contributed by atoms with E-state index in [4.69, 9.17) is 18.9 Å². The first-order valence-corrected chi connectivity index (χ1v) is 8.08. The third kappa shape index (κ3) is 5.46. The molecule has 0 aromatic heterocycles. The van der Waals surface area contributed by atoms with Crippen molar-refractivity contribution in [3.8, 4) is 17.2 Å². The summed E-state index contributed by atoms with van der Waals surface area (Å²) >= 11 is 0. The van der Waals surface area contributed by atoms with E-state index in [9.17, 15) is 9.59 Å². The number of carbonyl (C=O) groups is 2. The van der Waals surface area contributed by atoms with Crippen molar-refractivity contribution in [2.75, 3.05) is 20.8 Å². The molecule has 0 bridgehead atoms. The van der Waals surface area contributed by atoms with Gasteiger partial charge in [-0.25, -0.2) is 15.0 Å². The second kappa shape index (κ2) is 9.81. The Hall–Kier alpha value is -3.55. The van der Waals surface area contributed by atoms with E-state index in [1.807, 2.05) is 0 Å². The number of benzene rings is 2. The normalized spacial score (nSPS) is 10.3. The molecule has 8 nitrogen and oxygen atoms in total. The van der Waals surface area contributed by atoms with Crippen LogP contribution in [0.1, 0.15) is 22.8 Å². The molecular weight excluding hydrogens is 352 g/mol. The molecule has 27 heavy (non-hydrogen) atoms. The molecule has 2 rings (SSSR count). The van der Waals surface area contributed by atoms with Crippen molar-refractivity contribution in [1.29, 1.82) is 0 Å². The van der Waals surface area contributed by atoms with E-state index in [0.29, 0.717) is 22.6 Å². The maximum Gasteiger partial charge on any atom is 0.427 e. The third-order valence-corrected chi connectivity index (χ3v) is 3.36. The Morgan fingerprint density at radius 1 is 1.04 bits per heavy atom. The van der Waals surface area contributed by atoms with Crippen LogP contribution < -0.4 is 19.6 Å². The van der Waals surface area contributed by atoms with Crippen LogP contribution in [0.25, 0.3) is 0 Å². The van der Waals surface area contributed by atoms with Crippen LogP contribution in [0.15, 0.2) is 47.6 Å². The van der Waals surface area contributed by atoms with Gasteiger partial charge in [0.25, 0.3) is 0 Å². The van der Waals surface area contributed by atoms with E-state index in [1.54, 1.807) is 49.4 Å². The zero-order valence-corrected chi connectivity index (χ0v) is 15.2. The summed E-state index contributed by atoms with van der Waals surface area (Å²) in [6.07, 6.45) is 0.758. The lowest BCUT2D eigenvalue weighted by atomic mass is 10.2. The van der Waals surface area contributed by atoms with E-state index < -0.39 is 12.1 Å². The average molecular weight is 372 g/mol. The van der Waals surface area contributed by atoms with Gasteiger partial charge in [0.05, 0.1) is 27.0 Å². The number of methoxy groups -OCH3 is 2. The highest BCUT2D eigenvalue weighted by molar-refractivity contribution is 5.94. The standard InChI is InChI=1S/C19H20N2O6/c1-4-26-19(23)21-20-12-13-9-10-16(17(11-13)25-3)27-18(22)14-7-5-6-8-15(14)24-2/h5-12H,4H2,1-3H3,(H,21,23). The van der Waals surface area contributed by atoms with Gasteiger partial charge in [0.1, 0.15) is 11.3 Å². The van der Waals surface area contributed by atoms with Crippen molar-refractivity contribution < 1.29 is 28.5 Å². The Labute approximate surface area is 156 Å². The molecule has 1 N–H and O–H groups in total. The second-order valence-corrected chi connectivity index (χ2v) is 5.09. The molecule has 0 saturated carbocycles. The molecule has 0 spiro atoms. The van der Waals surface area contributed by atoms with Crippen molar-refractivity contribution >= 4 is 18.3 Å². The van der Waals surface area contributed by atoms with E-state index >= 15 is 0 Å². The zero-order valence-electron chi connectivity index (χ0n) is 15.2. The summed E-state index contributed by atoms with van der Waals surface area (Å²) < 4.78 is 20.5. The number of carbonyl (C=O) groups excluding carboxylic acids is 2. The van der Waals surface area contributed by atoms with Crippen LogP contribution in [0.2, 0.25) is 0 Å². The minimum Gasteiger partial charge on any atom is -0.496 e. The number of hydrogen-bond donors (Lipinski definition) is 1. The first kappa shape index (κ1) is 19.8. The molecule has 0 saturated heterocycles. The van der Waals surface area contributed by atoms with Crippen molar-refractivity contribution in [1.82, 2.24) is 5.43 Å². The summed E-state index contributed by atoms with van der Waals surface area (Å²) in [7, 11) is 2.93. The van der Waals surface area contributed by atoms with Gasteiger partial charge in [-0.2, -0.15) is 5.10 Å². The molecule has 0 heterocycles. The summed E-state index contributed by atoms with van der Waals surface area (Å²) in [5.74, 6) is 0.411. The Balaban J connectivity index is 2.13. The topological polar surface area (TPSA) is 95.5 Å². The Morgan fingerprint density at radius 2 is 1.78 bits per heavy atom. The summed E-state index contributed by atoms with van der Waals surface area (Å²) in [6.45, 7) is 1.95. The van der Waals surface area contributed by atoms with Gasteiger partial charge in [-0.05, 0) is 42.8 Å². The quantitative estimate of drug-likeness (QED) is 0.347. The zero-order chi connectivity index (χ0) is 19.6. The molecule has 0 aliphatic rings. The van der Waals surface area contributed by atoms with E-state index in [1.165, 1.54) is 20.4 Å². The molecule has 0 atom stereocenters. The lowest BCUT2D eigenvalue weighted by Gasteiger charge is -2.11. The number of hydrogen-bond acceptors (Lipinski definition) is 7. The van der Waals surface area contributed by atoms with Crippen LogP contribution in [0.5, 0.6) is 17.2 Å². The lowest BCUT2D eigenvalue weighted by molar-refractivity contribution is 0.0726. The number of nitrogens with one attached hydrogen (secondary N) is 1. The maximum atomic E-state index is 12.4. The first-order valence-electron chi connectivity index (χ1n) is 8.08. The third-order valence-electron chi connectivity index (χ3n) is 3.36. The van der Waals surface area contributed by atoms with Gasteiger partial charge < -0.3 is 18.9 Å². The van der Waals surface area contributed by atoms with Gasteiger partial charge >= 0.3 is 12.1 Å². The smallest absolute Gasteiger partial charge is 0.427 e. The van der Waals surface area contributed by atoms with Gasteiger partial charge in [0, 0.05) is 0 Å². The molecule has 0 unspecified atom stereocenters. The molecule has 142 valence electrons. The van der Waals surface area contributed by atoms with Gasteiger partial charge in [-0.1, -0.05) is 12.1 Å². The highest BCUT2D eigenvalue weighted by atomic mass is 16.6. The summed E-state index contributed by atoms with van der Waals surface area (Å²) in [6, 6.07) is 11.6. The van der Waals surface area contributed by atoms with Crippen molar-refractivity contribution in [2.45, 2.75) is 6.92 Å². The fourth-order valence-electron chi connectivity index (χ4n) is 2.14. The Kier molecular flexibility index (Phi) is 7.18. The number of nitrogens with zero attached hydrogens (tertiary/aromatic N) is 1.